The van der Waals surface area contributed by atoms with E-state index in [1.807, 2.05) is 42.1 Å². The molecule has 0 saturated heterocycles. The van der Waals surface area contributed by atoms with Crippen molar-refractivity contribution in [3.63, 3.8) is 0 Å². The predicted octanol–water partition coefficient (Wildman–Crippen LogP) is 2.69. The Hall–Kier alpha value is -1.48. The SMILES string of the molecule is Cn1cncc1CNc1ccccc1Cl. The second-order valence-corrected chi connectivity index (χ2v) is 3.74. The van der Waals surface area contributed by atoms with E-state index in [1.165, 1.54) is 0 Å². The Bertz CT molecular complexity index is 451. The summed E-state index contributed by atoms with van der Waals surface area (Å²) in [5.41, 5.74) is 2.07. The van der Waals surface area contributed by atoms with Crippen LogP contribution in [0.15, 0.2) is 36.8 Å². The summed E-state index contributed by atoms with van der Waals surface area (Å²) < 4.78 is 1.98. The molecule has 0 aliphatic carbocycles. The van der Waals surface area contributed by atoms with Crippen LogP contribution in [0.4, 0.5) is 5.69 Å². The third-order valence-electron chi connectivity index (χ3n) is 2.25. The monoisotopic (exact) mass is 221 g/mol. The molecule has 0 radical (unpaired) electrons. The van der Waals surface area contributed by atoms with Gasteiger partial charge in [-0.3, -0.25) is 0 Å². The molecular formula is C11H12ClN3. The molecule has 78 valence electrons. The lowest BCUT2D eigenvalue weighted by molar-refractivity contribution is 0.837. The molecule has 0 aliphatic heterocycles. The van der Waals surface area contributed by atoms with E-state index in [0.717, 1.165) is 22.9 Å². The molecule has 1 aromatic carbocycles. The minimum Gasteiger partial charge on any atom is -0.378 e. The molecule has 15 heavy (non-hydrogen) atoms. The second-order valence-electron chi connectivity index (χ2n) is 3.33. The number of aromatic nitrogens is 2. The van der Waals surface area contributed by atoms with E-state index in [-0.39, 0.29) is 0 Å². The van der Waals surface area contributed by atoms with E-state index in [2.05, 4.69) is 10.3 Å². The molecule has 0 amide bonds. The van der Waals surface area contributed by atoms with Crippen LogP contribution in [0.5, 0.6) is 0 Å². The van der Waals surface area contributed by atoms with Crippen LogP contribution in [-0.4, -0.2) is 9.55 Å². The fourth-order valence-corrected chi connectivity index (χ4v) is 1.55. The lowest BCUT2D eigenvalue weighted by Gasteiger charge is -2.08. The Morgan fingerprint density at radius 1 is 1.40 bits per heavy atom. The molecule has 0 unspecified atom stereocenters. The number of aryl methyl sites for hydroxylation is 1. The number of benzene rings is 1. The third-order valence-corrected chi connectivity index (χ3v) is 2.58. The van der Waals surface area contributed by atoms with Crippen LogP contribution < -0.4 is 5.32 Å². The summed E-state index contributed by atoms with van der Waals surface area (Å²) >= 11 is 6.02. The van der Waals surface area contributed by atoms with Gasteiger partial charge in [0, 0.05) is 13.2 Å². The molecule has 0 spiro atoms. The number of hydrogen-bond acceptors (Lipinski definition) is 2. The molecule has 3 nitrogen and oxygen atoms in total. The van der Waals surface area contributed by atoms with E-state index in [1.54, 1.807) is 6.33 Å². The zero-order chi connectivity index (χ0) is 10.7. The molecule has 1 heterocycles. The quantitative estimate of drug-likeness (QED) is 0.864. The van der Waals surface area contributed by atoms with Crippen LogP contribution >= 0.6 is 11.6 Å². The Morgan fingerprint density at radius 3 is 2.87 bits per heavy atom. The van der Waals surface area contributed by atoms with Gasteiger partial charge in [0.05, 0.1) is 29.3 Å². The van der Waals surface area contributed by atoms with Crippen LogP contribution in [-0.2, 0) is 13.6 Å². The molecular weight excluding hydrogens is 210 g/mol. The number of rotatable bonds is 3. The average Bonchev–Trinajstić information content (AvgIpc) is 2.63. The van der Waals surface area contributed by atoms with Gasteiger partial charge in [-0.25, -0.2) is 4.98 Å². The smallest absolute Gasteiger partial charge is 0.0946 e. The van der Waals surface area contributed by atoms with Gasteiger partial charge in [-0.2, -0.15) is 0 Å². The van der Waals surface area contributed by atoms with Crippen molar-refractivity contribution in [2.75, 3.05) is 5.32 Å². The van der Waals surface area contributed by atoms with Crippen molar-refractivity contribution in [2.45, 2.75) is 6.54 Å². The van der Waals surface area contributed by atoms with Crippen molar-refractivity contribution in [3.05, 3.63) is 47.5 Å². The highest BCUT2D eigenvalue weighted by molar-refractivity contribution is 6.33. The summed E-state index contributed by atoms with van der Waals surface area (Å²) in [4.78, 5) is 4.05. The number of halogens is 1. The van der Waals surface area contributed by atoms with Crippen molar-refractivity contribution in [1.29, 1.82) is 0 Å². The topological polar surface area (TPSA) is 29.9 Å². The van der Waals surface area contributed by atoms with Crippen molar-refractivity contribution in [2.24, 2.45) is 7.05 Å². The van der Waals surface area contributed by atoms with Crippen molar-refractivity contribution >= 4 is 17.3 Å². The standard InChI is InChI=1S/C11H12ClN3/c1-15-8-13-6-9(15)7-14-11-5-3-2-4-10(11)12/h2-6,8,14H,7H2,1H3. The van der Waals surface area contributed by atoms with Crippen molar-refractivity contribution in [3.8, 4) is 0 Å². The van der Waals surface area contributed by atoms with Gasteiger partial charge >= 0.3 is 0 Å². The number of nitrogens with zero attached hydrogens (tertiary/aromatic N) is 2. The van der Waals surface area contributed by atoms with Gasteiger partial charge in [-0.1, -0.05) is 23.7 Å². The first kappa shape index (κ1) is 10.1. The number of hydrogen-bond donors (Lipinski definition) is 1. The molecule has 0 fully saturated rings. The summed E-state index contributed by atoms with van der Waals surface area (Å²) in [5.74, 6) is 0. The maximum Gasteiger partial charge on any atom is 0.0946 e. The normalized spacial score (nSPS) is 10.3. The van der Waals surface area contributed by atoms with Crippen LogP contribution in [0.25, 0.3) is 0 Å². The van der Waals surface area contributed by atoms with Crippen LogP contribution in [0.2, 0.25) is 5.02 Å². The Labute approximate surface area is 93.7 Å². The maximum atomic E-state index is 6.02. The van der Waals surface area contributed by atoms with Gasteiger partial charge in [0.1, 0.15) is 0 Å². The minimum absolute atomic E-state index is 0.722. The van der Waals surface area contributed by atoms with Crippen molar-refractivity contribution < 1.29 is 0 Å². The predicted molar refractivity (Wildman–Crippen MR) is 62.0 cm³/mol. The van der Waals surface area contributed by atoms with E-state index < -0.39 is 0 Å². The number of anilines is 1. The average molecular weight is 222 g/mol. The summed E-state index contributed by atoms with van der Waals surface area (Å²) in [5, 5.41) is 4.00. The van der Waals surface area contributed by atoms with E-state index in [9.17, 15) is 0 Å². The number of imidazole rings is 1. The molecule has 0 bridgehead atoms. The highest BCUT2D eigenvalue weighted by atomic mass is 35.5. The van der Waals surface area contributed by atoms with E-state index in [0.29, 0.717) is 0 Å². The highest BCUT2D eigenvalue weighted by Crippen LogP contribution is 2.20. The Kier molecular flexibility index (Phi) is 2.92. The molecule has 2 rings (SSSR count). The lowest BCUT2D eigenvalue weighted by Crippen LogP contribution is -2.04. The minimum atomic E-state index is 0.722. The van der Waals surface area contributed by atoms with Gasteiger partial charge in [0.15, 0.2) is 0 Å². The first-order valence-corrected chi connectivity index (χ1v) is 5.09. The fraction of sp³-hybridized carbons (Fsp3) is 0.182. The van der Waals surface area contributed by atoms with Gasteiger partial charge in [0.2, 0.25) is 0 Å². The first-order valence-electron chi connectivity index (χ1n) is 4.71. The van der Waals surface area contributed by atoms with Gasteiger partial charge in [-0.15, -0.1) is 0 Å². The summed E-state index contributed by atoms with van der Waals surface area (Å²) in [6.07, 6.45) is 3.62. The molecule has 4 heteroatoms. The molecule has 0 saturated carbocycles. The van der Waals surface area contributed by atoms with E-state index >= 15 is 0 Å². The van der Waals surface area contributed by atoms with E-state index in [4.69, 9.17) is 11.6 Å². The fourth-order valence-electron chi connectivity index (χ4n) is 1.35. The lowest BCUT2D eigenvalue weighted by atomic mass is 10.3. The Morgan fingerprint density at radius 2 is 2.20 bits per heavy atom. The highest BCUT2D eigenvalue weighted by Gasteiger charge is 2.00. The summed E-state index contributed by atoms with van der Waals surface area (Å²) in [7, 11) is 1.97. The second kappa shape index (κ2) is 4.36. The summed E-state index contributed by atoms with van der Waals surface area (Å²) in [6, 6.07) is 7.70. The molecule has 0 atom stereocenters. The number of nitrogens with one attached hydrogen (secondary N) is 1. The van der Waals surface area contributed by atoms with Crippen molar-refractivity contribution in [1.82, 2.24) is 9.55 Å². The van der Waals surface area contributed by atoms with Crippen LogP contribution in [0.3, 0.4) is 0 Å². The molecule has 1 aromatic heterocycles. The molecule has 0 aliphatic rings. The number of para-hydroxylation sites is 1. The third kappa shape index (κ3) is 2.30. The van der Waals surface area contributed by atoms with Crippen LogP contribution in [0, 0.1) is 0 Å². The van der Waals surface area contributed by atoms with Gasteiger partial charge in [0.25, 0.3) is 0 Å². The molecule has 2 aromatic rings. The van der Waals surface area contributed by atoms with Crippen LogP contribution in [0.1, 0.15) is 5.69 Å². The maximum absolute atomic E-state index is 6.02. The zero-order valence-electron chi connectivity index (χ0n) is 8.44. The summed E-state index contributed by atoms with van der Waals surface area (Å²) in [6.45, 7) is 0.722. The van der Waals surface area contributed by atoms with Gasteiger partial charge in [-0.05, 0) is 12.1 Å². The molecule has 1 N–H and O–H groups in total. The Balaban J connectivity index is 2.06. The zero-order valence-corrected chi connectivity index (χ0v) is 9.20. The van der Waals surface area contributed by atoms with Gasteiger partial charge < -0.3 is 9.88 Å². The first-order chi connectivity index (χ1) is 7.27. The largest absolute Gasteiger partial charge is 0.378 e.